The van der Waals surface area contributed by atoms with Crippen molar-refractivity contribution in [3.63, 3.8) is 0 Å². The molecule has 0 aliphatic heterocycles. The molecule has 3 heteroatoms. The molecule has 1 rings (SSSR count). The normalized spacial score (nSPS) is 15.2. The predicted octanol–water partition coefficient (Wildman–Crippen LogP) is 1.86. The van der Waals surface area contributed by atoms with Crippen molar-refractivity contribution in [2.75, 3.05) is 13.2 Å². The number of nitrogens with two attached hydrogens (primary N) is 1. The second-order valence-corrected chi connectivity index (χ2v) is 4.31. The highest BCUT2D eigenvalue weighted by atomic mass is 35.5. The molecule has 0 fully saturated rings. The second kappa shape index (κ2) is 4.30. The molecule has 3 N–H and O–H groups in total. The van der Waals surface area contributed by atoms with E-state index in [2.05, 4.69) is 0 Å². The van der Waals surface area contributed by atoms with E-state index in [0.717, 1.165) is 11.1 Å². The van der Waals surface area contributed by atoms with Crippen molar-refractivity contribution in [3.05, 3.63) is 34.3 Å². The van der Waals surface area contributed by atoms with Gasteiger partial charge in [-0.2, -0.15) is 0 Å². The smallest absolute Gasteiger partial charge is 0.0537 e. The number of halogens is 1. The lowest BCUT2D eigenvalue weighted by Crippen LogP contribution is -2.35. The van der Waals surface area contributed by atoms with Gasteiger partial charge in [-0.25, -0.2) is 0 Å². The average molecular weight is 214 g/mol. The SMILES string of the molecule is Cc1ccc(Cl)c(C(C)(CN)CO)c1. The summed E-state index contributed by atoms with van der Waals surface area (Å²) in [6, 6.07) is 5.77. The highest BCUT2D eigenvalue weighted by molar-refractivity contribution is 6.31. The van der Waals surface area contributed by atoms with E-state index in [1.54, 1.807) is 0 Å². The zero-order valence-electron chi connectivity index (χ0n) is 8.55. The molecule has 2 nitrogen and oxygen atoms in total. The highest BCUT2D eigenvalue weighted by Gasteiger charge is 2.26. The first-order valence-electron chi connectivity index (χ1n) is 4.61. The van der Waals surface area contributed by atoms with Crippen molar-refractivity contribution in [1.82, 2.24) is 0 Å². The number of hydrogen-bond acceptors (Lipinski definition) is 2. The standard InChI is InChI=1S/C11H16ClNO/c1-8-3-4-10(12)9(5-8)11(2,6-13)7-14/h3-5,14H,6-7,13H2,1-2H3. The molecular formula is C11H16ClNO. The Bertz CT molecular complexity index is 321. The van der Waals surface area contributed by atoms with Crippen LogP contribution in [0.2, 0.25) is 5.02 Å². The summed E-state index contributed by atoms with van der Waals surface area (Å²) in [5, 5.41) is 9.98. The van der Waals surface area contributed by atoms with Crippen LogP contribution in [0.4, 0.5) is 0 Å². The molecule has 0 radical (unpaired) electrons. The summed E-state index contributed by atoms with van der Waals surface area (Å²) in [7, 11) is 0. The summed E-state index contributed by atoms with van der Waals surface area (Å²) in [6.45, 7) is 4.29. The molecule has 78 valence electrons. The van der Waals surface area contributed by atoms with Gasteiger partial charge in [0.05, 0.1) is 6.61 Å². The Morgan fingerprint density at radius 2 is 2.14 bits per heavy atom. The molecule has 0 aliphatic carbocycles. The molecule has 1 atom stereocenters. The first-order valence-corrected chi connectivity index (χ1v) is 4.99. The molecule has 0 bridgehead atoms. The summed E-state index contributed by atoms with van der Waals surface area (Å²) in [5.41, 5.74) is 7.25. The van der Waals surface area contributed by atoms with Gasteiger partial charge in [-0.3, -0.25) is 0 Å². The number of benzene rings is 1. The average Bonchev–Trinajstić information content (AvgIpc) is 2.20. The highest BCUT2D eigenvalue weighted by Crippen LogP contribution is 2.29. The lowest BCUT2D eigenvalue weighted by Gasteiger charge is -2.27. The van der Waals surface area contributed by atoms with Gasteiger partial charge in [0.1, 0.15) is 0 Å². The molecule has 0 aliphatic rings. The van der Waals surface area contributed by atoms with Gasteiger partial charge >= 0.3 is 0 Å². The van der Waals surface area contributed by atoms with E-state index in [4.69, 9.17) is 17.3 Å². The molecular weight excluding hydrogens is 198 g/mol. The molecule has 0 saturated carbocycles. The number of aliphatic hydroxyl groups excluding tert-OH is 1. The van der Waals surface area contributed by atoms with Crippen LogP contribution >= 0.6 is 11.6 Å². The minimum atomic E-state index is -0.441. The first kappa shape index (κ1) is 11.5. The molecule has 0 amide bonds. The quantitative estimate of drug-likeness (QED) is 0.805. The number of rotatable bonds is 3. The first-order chi connectivity index (χ1) is 6.53. The maximum absolute atomic E-state index is 9.32. The van der Waals surface area contributed by atoms with E-state index in [-0.39, 0.29) is 6.61 Å². The Hall–Kier alpha value is -0.570. The van der Waals surface area contributed by atoms with Gasteiger partial charge in [0.25, 0.3) is 0 Å². The largest absolute Gasteiger partial charge is 0.395 e. The Morgan fingerprint density at radius 3 is 2.64 bits per heavy atom. The molecule has 1 unspecified atom stereocenters. The molecule has 14 heavy (non-hydrogen) atoms. The van der Waals surface area contributed by atoms with Crippen LogP contribution in [-0.2, 0) is 5.41 Å². The van der Waals surface area contributed by atoms with Crippen LogP contribution in [0.5, 0.6) is 0 Å². The minimum Gasteiger partial charge on any atom is -0.395 e. The maximum Gasteiger partial charge on any atom is 0.0537 e. The van der Waals surface area contributed by atoms with Crippen LogP contribution < -0.4 is 5.73 Å². The van der Waals surface area contributed by atoms with E-state index in [0.29, 0.717) is 11.6 Å². The van der Waals surface area contributed by atoms with Crippen LogP contribution in [0.25, 0.3) is 0 Å². The van der Waals surface area contributed by atoms with Gasteiger partial charge in [-0.05, 0) is 18.6 Å². The molecule has 0 heterocycles. The molecule has 1 aromatic carbocycles. The summed E-state index contributed by atoms with van der Waals surface area (Å²) in [5.74, 6) is 0. The Balaban J connectivity index is 3.22. The predicted molar refractivity (Wildman–Crippen MR) is 59.7 cm³/mol. The third kappa shape index (κ3) is 2.08. The van der Waals surface area contributed by atoms with Crippen molar-refractivity contribution >= 4 is 11.6 Å². The van der Waals surface area contributed by atoms with Gasteiger partial charge in [-0.1, -0.05) is 36.2 Å². The Morgan fingerprint density at radius 1 is 1.50 bits per heavy atom. The number of aliphatic hydroxyl groups is 1. The lowest BCUT2D eigenvalue weighted by atomic mass is 9.83. The molecule has 1 aromatic rings. The van der Waals surface area contributed by atoms with Crippen molar-refractivity contribution in [2.45, 2.75) is 19.3 Å². The number of aryl methyl sites for hydroxylation is 1. The fourth-order valence-electron chi connectivity index (χ4n) is 1.36. The molecule has 0 aromatic heterocycles. The van der Waals surface area contributed by atoms with Crippen molar-refractivity contribution in [1.29, 1.82) is 0 Å². The van der Waals surface area contributed by atoms with Crippen LogP contribution in [0.1, 0.15) is 18.1 Å². The van der Waals surface area contributed by atoms with Crippen molar-refractivity contribution in [2.24, 2.45) is 5.73 Å². The van der Waals surface area contributed by atoms with E-state index < -0.39 is 5.41 Å². The monoisotopic (exact) mass is 213 g/mol. The van der Waals surface area contributed by atoms with Gasteiger partial charge < -0.3 is 10.8 Å². The van der Waals surface area contributed by atoms with Crippen molar-refractivity contribution < 1.29 is 5.11 Å². The topological polar surface area (TPSA) is 46.2 Å². The zero-order chi connectivity index (χ0) is 10.8. The third-order valence-electron chi connectivity index (χ3n) is 2.57. The van der Waals surface area contributed by atoms with Gasteiger partial charge in [-0.15, -0.1) is 0 Å². The number of hydrogen-bond donors (Lipinski definition) is 2. The summed E-state index contributed by atoms with van der Waals surface area (Å²) < 4.78 is 0. The maximum atomic E-state index is 9.32. The fourth-order valence-corrected chi connectivity index (χ4v) is 1.71. The lowest BCUT2D eigenvalue weighted by molar-refractivity contribution is 0.210. The minimum absolute atomic E-state index is 0.00662. The van der Waals surface area contributed by atoms with E-state index in [1.807, 2.05) is 32.0 Å². The zero-order valence-corrected chi connectivity index (χ0v) is 9.30. The third-order valence-corrected chi connectivity index (χ3v) is 2.90. The molecule has 0 spiro atoms. The van der Waals surface area contributed by atoms with Gasteiger partial charge in [0, 0.05) is 17.0 Å². The van der Waals surface area contributed by atoms with Crippen LogP contribution in [-0.4, -0.2) is 18.3 Å². The van der Waals surface area contributed by atoms with Crippen LogP contribution in [0.3, 0.4) is 0 Å². The van der Waals surface area contributed by atoms with Crippen molar-refractivity contribution in [3.8, 4) is 0 Å². The van der Waals surface area contributed by atoms with Gasteiger partial charge in [0.15, 0.2) is 0 Å². The van der Waals surface area contributed by atoms with E-state index in [1.165, 1.54) is 0 Å². The van der Waals surface area contributed by atoms with Crippen LogP contribution in [0.15, 0.2) is 18.2 Å². The van der Waals surface area contributed by atoms with E-state index in [9.17, 15) is 5.11 Å². The van der Waals surface area contributed by atoms with E-state index >= 15 is 0 Å². The van der Waals surface area contributed by atoms with Gasteiger partial charge in [0.2, 0.25) is 0 Å². The Labute approximate surface area is 89.7 Å². The fraction of sp³-hybridized carbons (Fsp3) is 0.455. The Kier molecular flexibility index (Phi) is 3.53. The second-order valence-electron chi connectivity index (χ2n) is 3.91. The summed E-state index contributed by atoms with van der Waals surface area (Å²) in [6.07, 6.45) is 0. The summed E-state index contributed by atoms with van der Waals surface area (Å²) >= 11 is 6.07. The molecule has 0 saturated heterocycles. The van der Waals surface area contributed by atoms with Crippen LogP contribution in [0, 0.1) is 6.92 Å². The summed E-state index contributed by atoms with van der Waals surface area (Å²) in [4.78, 5) is 0.